The second-order valence-corrected chi connectivity index (χ2v) is 7.49. The van der Waals surface area contributed by atoms with E-state index in [1.807, 2.05) is 19.1 Å². The Morgan fingerprint density at radius 1 is 1.15 bits per heavy atom. The van der Waals surface area contributed by atoms with Crippen molar-refractivity contribution in [2.24, 2.45) is 0 Å². The first kappa shape index (κ1) is 19.5. The van der Waals surface area contributed by atoms with Crippen LogP contribution in [0.2, 0.25) is 10.0 Å². The zero-order valence-electron chi connectivity index (χ0n) is 15.1. The molecule has 3 rings (SSSR count). The molecule has 27 heavy (non-hydrogen) atoms. The lowest BCUT2D eigenvalue weighted by Crippen LogP contribution is -2.09. The van der Waals surface area contributed by atoms with Crippen LogP contribution in [0.4, 0.5) is 0 Å². The number of hydrogen-bond donors (Lipinski definition) is 0. The minimum Gasteiger partial charge on any atom is -0.457 e. The molecular weight excluding hydrogens is 387 g/mol. The number of ether oxygens (including phenoxy) is 1. The molecule has 1 heterocycles. The Morgan fingerprint density at radius 3 is 2.59 bits per heavy atom. The van der Waals surface area contributed by atoms with Gasteiger partial charge >= 0.3 is 11.6 Å². The summed E-state index contributed by atoms with van der Waals surface area (Å²) in [5, 5.41) is 1.38. The van der Waals surface area contributed by atoms with Crippen LogP contribution in [0.25, 0.3) is 11.0 Å². The second kappa shape index (κ2) is 7.75. The number of benzene rings is 2. The third kappa shape index (κ3) is 4.18. The van der Waals surface area contributed by atoms with E-state index in [-0.39, 0.29) is 17.2 Å². The maximum atomic E-state index is 12.4. The summed E-state index contributed by atoms with van der Waals surface area (Å²) in [6.45, 7) is 6.08. The van der Waals surface area contributed by atoms with Gasteiger partial charge in [-0.05, 0) is 54.3 Å². The maximum Gasteiger partial charge on any atom is 0.340 e. The molecular formula is C21H18Cl2O4. The standard InChI is InChI=1S/C21H18Cl2O4/c1-11(2)15-9-16-13(7-20(24)27-19(16)6-12(15)3)10-26-21(25)17-8-14(22)4-5-18(17)23/h4-9,11H,10H2,1-3H3. The van der Waals surface area contributed by atoms with Crippen LogP contribution in [0.5, 0.6) is 0 Å². The van der Waals surface area contributed by atoms with Crippen molar-refractivity contribution < 1.29 is 13.9 Å². The van der Waals surface area contributed by atoms with Gasteiger partial charge in [-0.15, -0.1) is 0 Å². The Bertz CT molecular complexity index is 1080. The van der Waals surface area contributed by atoms with E-state index in [0.29, 0.717) is 22.1 Å². The van der Waals surface area contributed by atoms with Crippen LogP contribution in [0.3, 0.4) is 0 Å². The molecule has 0 aliphatic heterocycles. The van der Waals surface area contributed by atoms with Gasteiger partial charge in [0.1, 0.15) is 12.2 Å². The Hall–Kier alpha value is -2.30. The first-order valence-electron chi connectivity index (χ1n) is 8.45. The number of aryl methyl sites for hydroxylation is 1. The summed E-state index contributed by atoms with van der Waals surface area (Å²) in [6.07, 6.45) is 0. The lowest BCUT2D eigenvalue weighted by molar-refractivity contribution is 0.0474. The molecule has 140 valence electrons. The van der Waals surface area contributed by atoms with Gasteiger partial charge in [0.05, 0.1) is 10.6 Å². The molecule has 0 spiro atoms. The molecule has 0 bridgehead atoms. The Kier molecular flexibility index (Phi) is 5.59. The van der Waals surface area contributed by atoms with Crippen LogP contribution in [0.15, 0.2) is 45.6 Å². The largest absolute Gasteiger partial charge is 0.457 e. The Labute approximate surface area is 166 Å². The van der Waals surface area contributed by atoms with Crippen molar-refractivity contribution >= 4 is 40.1 Å². The minimum atomic E-state index is -0.611. The summed E-state index contributed by atoms with van der Waals surface area (Å²) >= 11 is 12.0. The van der Waals surface area contributed by atoms with Crippen molar-refractivity contribution in [3.63, 3.8) is 0 Å². The van der Waals surface area contributed by atoms with E-state index in [1.165, 1.54) is 18.2 Å². The molecule has 0 saturated carbocycles. The van der Waals surface area contributed by atoms with Crippen LogP contribution in [-0.4, -0.2) is 5.97 Å². The van der Waals surface area contributed by atoms with E-state index in [2.05, 4.69) is 13.8 Å². The van der Waals surface area contributed by atoms with Crippen molar-refractivity contribution in [2.75, 3.05) is 0 Å². The molecule has 3 aromatic rings. The zero-order valence-corrected chi connectivity index (χ0v) is 16.6. The van der Waals surface area contributed by atoms with Gasteiger partial charge in [-0.25, -0.2) is 9.59 Å². The van der Waals surface area contributed by atoms with Crippen LogP contribution < -0.4 is 5.63 Å². The van der Waals surface area contributed by atoms with Gasteiger partial charge < -0.3 is 9.15 Å². The number of carbonyl (C=O) groups is 1. The molecule has 0 unspecified atom stereocenters. The van der Waals surface area contributed by atoms with Gasteiger partial charge in [-0.2, -0.15) is 0 Å². The van der Waals surface area contributed by atoms with Gasteiger partial charge in [-0.1, -0.05) is 37.0 Å². The van der Waals surface area contributed by atoms with Gasteiger partial charge in [0.15, 0.2) is 0 Å². The molecule has 0 aliphatic rings. The number of hydrogen-bond acceptors (Lipinski definition) is 4. The average molecular weight is 405 g/mol. The van der Waals surface area contributed by atoms with Crippen molar-refractivity contribution in [1.82, 2.24) is 0 Å². The van der Waals surface area contributed by atoms with Gasteiger partial charge in [0, 0.05) is 22.0 Å². The smallest absolute Gasteiger partial charge is 0.340 e. The number of halogens is 2. The van der Waals surface area contributed by atoms with E-state index < -0.39 is 11.6 Å². The van der Waals surface area contributed by atoms with Crippen molar-refractivity contribution in [2.45, 2.75) is 33.3 Å². The first-order valence-corrected chi connectivity index (χ1v) is 9.21. The van der Waals surface area contributed by atoms with Crippen molar-refractivity contribution in [1.29, 1.82) is 0 Å². The first-order chi connectivity index (χ1) is 12.8. The zero-order chi connectivity index (χ0) is 19.7. The SMILES string of the molecule is Cc1cc2oc(=O)cc(COC(=O)c3cc(Cl)ccc3Cl)c2cc1C(C)C. The summed E-state index contributed by atoms with van der Waals surface area (Å²) in [6, 6.07) is 9.73. The molecule has 0 fully saturated rings. The monoisotopic (exact) mass is 404 g/mol. The lowest BCUT2D eigenvalue weighted by atomic mass is 9.95. The fourth-order valence-corrected chi connectivity index (χ4v) is 3.37. The van der Waals surface area contributed by atoms with Crippen LogP contribution in [0, 0.1) is 6.92 Å². The highest BCUT2D eigenvalue weighted by Crippen LogP contribution is 2.28. The normalized spacial score (nSPS) is 11.2. The lowest BCUT2D eigenvalue weighted by Gasteiger charge is -2.13. The predicted octanol–water partition coefficient (Wildman–Crippen LogP) is 5.89. The topological polar surface area (TPSA) is 56.5 Å². The molecule has 2 aromatic carbocycles. The fourth-order valence-electron chi connectivity index (χ4n) is 3.01. The third-order valence-corrected chi connectivity index (χ3v) is 4.91. The van der Waals surface area contributed by atoms with Gasteiger partial charge in [0.2, 0.25) is 0 Å². The molecule has 0 N–H and O–H groups in total. The molecule has 6 heteroatoms. The predicted molar refractivity (Wildman–Crippen MR) is 107 cm³/mol. The molecule has 0 saturated heterocycles. The molecule has 0 atom stereocenters. The highest BCUT2D eigenvalue weighted by atomic mass is 35.5. The van der Waals surface area contributed by atoms with Crippen LogP contribution in [0.1, 0.15) is 46.8 Å². The summed E-state index contributed by atoms with van der Waals surface area (Å²) < 4.78 is 10.7. The average Bonchev–Trinajstić information content (AvgIpc) is 2.60. The molecule has 0 amide bonds. The van der Waals surface area contributed by atoms with E-state index in [1.54, 1.807) is 6.07 Å². The molecule has 0 aliphatic carbocycles. The highest BCUT2D eigenvalue weighted by Gasteiger charge is 2.16. The second-order valence-electron chi connectivity index (χ2n) is 6.65. The van der Waals surface area contributed by atoms with E-state index >= 15 is 0 Å². The number of rotatable bonds is 4. The molecule has 4 nitrogen and oxygen atoms in total. The summed E-state index contributed by atoms with van der Waals surface area (Å²) in [7, 11) is 0. The Morgan fingerprint density at radius 2 is 1.89 bits per heavy atom. The van der Waals surface area contributed by atoms with Crippen molar-refractivity contribution in [3.8, 4) is 0 Å². The Balaban J connectivity index is 1.96. The van der Waals surface area contributed by atoms with Gasteiger partial charge in [-0.3, -0.25) is 0 Å². The molecule has 0 radical (unpaired) electrons. The van der Waals surface area contributed by atoms with E-state index in [0.717, 1.165) is 16.5 Å². The number of esters is 1. The summed E-state index contributed by atoms with van der Waals surface area (Å²) in [5.74, 6) is -0.304. The van der Waals surface area contributed by atoms with Crippen LogP contribution in [-0.2, 0) is 11.3 Å². The molecule has 1 aromatic heterocycles. The van der Waals surface area contributed by atoms with Crippen molar-refractivity contribution in [3.05, 3.63) is 79.1 Å². The van der Waals surface area contributed by atoms with Gasteiger partial charge in [0.25, 0.3) is 0 Å². The van der Waals surface area contributed by atoms with E-state index in [4.69, 9.17) is 32.4 Å². The fraction of sp³-hybridized carbons (Fsp3) is 0.238. The third-order valence-electron chi connectivity index (χ3n) is 4.35. The minimum absolute atomic E-state index is 0.0790. The number of fused-ring (bicyclic) bond motifs is 1. The highest BCUT2D eigenvalue weighted by molar-refractivity contribution is 6.35. The quantitative estimate of drug-likeness (QED) is 0.401. The summed E-state index contributed by atoms with van der Waals surface area (Å²) in [4.78, 5) is 24.3. The summed E-state index contributed by atoms with van der Waals surface area (Å²) in [5.41, 5.74) is 2.91. The maximum absolute atomic E-state index is 12.4. The van der Waals surface area contributed by atoms with E-state index in [9.17, 15) is 9.59 Å². The number of carbonyl (C=O) groups excluding carboxylic acids is 1. The van der Waals surface area contributed by atoms with Crippen LogP contribution >= 0.6 is 23.2 Å².